The van der Waals surface area contributed by atoms with Gasteiger partial charge in [-0.3, -0.25) is 0 Å². The lowest BCUT2D eigenvalue weighted by Crippen LogP contribution is -2.12. The van der Waals surface area contributed by atoms with E-state index in [4.69, 9.17) is 0 Å². The molecule has 0 amide bonds. The minimum absolute atomic E-state index is 0.0882. The van der Waals surface area contributed by atoms with Crippen molar-refractivity contribution in [3.05, 3.63) is 59.3 Å². The first-order valence-corrected chi connectivity index (χ1v) is 7.89. The molecule has 1 aromatic carbocycles. The molecule has 22 heavy (non-hydrogen) atoms. The first-order chi connectivity index (χ1) is 10.4. The van der Waals surface area contributed by atoms with Crippen LogP contribution in [0.3, 0.4) is 0 Å². The summed E-state index contributed by atoms with van der Waals surface area (Å²) in [5.74, 6) is 0. The van der Waals surface area contributed by atoms with Gasteiger partial charge in [0.2, 0.25) is 0 Å². The van der Waals surface area contributed by atoms with E-state index in [1.165, 1.54) is 16.8 Å². The lowest BCUT2D eigenvalue weighted by atomic mass is 9.98. The van der Waals surface area contributed by atoms with Crippen LogP contribution in [0.1, 0.15) is 45.2 Å². The zero-order valence-electron chi connectivity index (χ0n) is 14.4. The zero-order valence-corrected chi connectivity index (χ0v) is 14.4. The molecule has 118 valence electrons. The Morgan fingerprint density at radius 2 is 1.82 bits per heavy atom. The van der Waals surface area contributed by atoms with E-state index in [1.54, 1.807) is 0 Å². The van der Waals surface area contributed by atoms with Crippen molar-refractivity contribution in [2.45, 2.75) is 45.2 Å². The Labute approximate surface area is 134 Å². The molecule has 3 heteroatoms. The summed E-state index contributed by atoms with van der Waals surface area (Å²) in [7, 11) is 4.19. The molecular weight excluding hydrogens is 270 g/mol. The van der Waals surface area contributed by atoms with Crippen molar-refractivity contribution < 1.29 is 0 Å². The molecule has 0 aromatic heterocycles. The lowest BCUT2D eigenvalue weighted by Gasteiger charge is -2.20. The van der Waals surface area contributed by atoms with Crippen LogP contribution < -0.4 is 0 Å². The van der Waals surface area contributed by atoms with E-state index in [0.717, 1.165) is 12.8 Å². The van der Waals surface area contributed by atoms with Gasteiger partial charge in [0.1, 0.15) is 0 Å². The molecule has 0 heterocycles. The average Bonchev–Trinajstić information content (AvgIpc) is 2.91. The average molecular weight is 297 g/mol. The lowest BCUT2D eigenvalue weighted by molar-refractivity contribution is 0.498. The summed E-state index contributed by atoms with van der Waals surface area (Å²) < 4.78 is 0. The first-order valence-electron chi connectivity index (χ1n) is 7.89. The fourth-order valence-corrected chi connectivity index (χ4v) is 2.57. The number of benzene rings is 1. The van der Waals surface area contributed by atoms with Gasteiger partial charge in [-0.2, -0.15) is 10.2 Å². The summed E-state index contributed by atoms with van der Waals surface area (Å²) in [6.07, 6.45) is 6.37. The van der Waals surface area contributed by atoms with Crippen LogP contribution in [0.15, 0.2) is 64.0 Å². The van der Waals surface area contributed by atoms with Gasteiger partial charge < -0.3 is 4.90 Å². The maximum absolute atomic E-state index is 4.67. The van der Waals surface area contributed by atoms with Gasteiger partial charge in [0.05, 0.1) is 11.6 Å². The number of rotatable bonds is 5. The van der Waals surface area contributed by atoms with Crippen molar-refractivity contribution in [3.8, 4) is 0 Å². The standard InChI is InChI=1S/C19H27N3/c1-19(2,3)21-20-17(15-10-7-6-8-11-15)14-16-12-9-13-18(16)22(4)5/h6-11,13,17H,12,14H2,1-5H3. The van der Waals surface area contributed by atoms with Crippen LogP contribution in [-0.4, -0.2) is 24.5 Å². The molecule has 0 bridgehead atoms. The van der Waals surface area contributed by atoms with Crippen LogP contribution >= 0.6 is 0 Å². The van der Waals surface area contributed by atoms with Gasteiger partial charge in [-0.1, -0.05) is 36.4 Å². The van der Waals surface area contributed by atoms with E-state index < -0.39 is 0 Å². The van der Waals surface area contributed by atoms with E-state index in [-0.39, 0.29) is 11.6 Å². The van der Waals surface area contributed by atoms with Crippen molar-refractivity contribution in [1.29, 1.82) is 0 Å². The van der Waals surface area contributed by atoms with Crippen LogP contribution in [0.25, 0.3) is 0 Å². The van der Waals surface area contributed by atoms with Gasteiger partial charge in [0.25, 0.3) is 0 Å². The number of likely N-dealkylation sites (N-methyl/N-ethyl adjacent to an activating group) is 1. The highest BCUT2D eigenvalue weighted by Crippen LogP contribution is 2.33. The molecular formula is C19H27N3. The van der Waals surface area contributed by atoms with Crippen molar-refractivity contribution in [1.82, 2.24) is 4.90 Å². The Balaban J connectivity index is 2.26. The molecule has 0 radical (unpaired) electrons. The quantitative estimate of drug-likeness (QED) is 0.691. The van der Waals surface area contributed by atoms with Crippen LogP contribution in [0.5, 0.6) is 0 Å². The van der Waals surface area contributed by atoms with Gasteiger partial charge in [0.15, 0.2) is 0 Å². The van der Waals surface area contributed by atoms with Gasteiger partial charge in [-0.15, -0.1) is 0 Å². The van der Waals surface area contributed by atoms with Gasteiger partial charge >= 0.3 is 0 Å². The molecule has 1 unspecified atom stereocenters. The van der Waals surface area contributed by atoms with Crippen LogP contribution in [0.2, 0.25) is 0 Å². The predicted octanol–water partition coefficient (Wildman–Crippen LogP) is 5.14. The second kappa shape index (κ2) is 6.91. The molecule has 3 nitrogen and oxygen atoms in total. The van der Waals surface area contributed by atoms with Crippen molar-refractivity contribution in [3.63, 3.8) is 0 Å². The molecule has 1 atom stereocenters. The highest BCUT2D eigenvalue weighted by molar-refractivity contribution is 5.34. The maximum Gasteiger partial charge on any atom is 0.0995 e. The minimum atomic E-state index is -0.139. The third kappa shape index (κ3) is 4.55. The Kier molecular flexibility index (Phi) is 5.17. The Bertz CT molecular complexity index is 574. The smallest absolute Gasteiger partial charge is 0.0995 e. The highest BCUT2D eigenvalue weighted by Gasteiger charge is 2.19. The Hall–Kier alpha value is -1.90. The van der Waals surface area contributed by atoms with Gasteiger partial charge in [-0.05, 0) is 50.8 Å². The SMILES string of the molecule is CN(C)C1=C(CC(N=NC(C)(C)C)c2ccccc2)CC=C1. The summed E-state index contributed by atoms with van der Waals surface area (Å²) in [6.45, 7) is 6.25. The number of azo groups is 1. The summed E-state index contributed by atoms with van der Waals surface area (Å²) in [4.78, 5) is 2.18. The van der Waals surface area contributed by atoms with Crippen molar-refractivity contribution in [2.75, 3.05) is 14.1 Å². The fourth-order valence-electron chi connectivity index (χ4n) is 2.57. The van der Waals surface area contributed by atoms with E-state index in [0.29, 0.717) is 0 Å². The Morgan fingerprint density at radius 3 is 2.41 bits per heavy atom. The molecule has 0 fully saturated rings. The Morgan fingerprint density at radius 1 is 1.14 bits per heavy atom. The van der Waals surface area contributed by atoms with Crippen LogP contribution in [0.4, 0.5) is 0 Å². The predicted molar refractivity (Wildman–Crippen MR) is 92.9 cm³/mol. The molecule has 0 saturated heterocycles. The highest BCUT2D eigenvalue weighted by atomic mass is 15.2. The molecule has 0 spiro atoms. The fraction of sp³-hybridized carbons (Fsp3) is 0.474. The third-order valence-electron chi connectivity index (χ3n) is 3.61. The first kappa shape index (κ1) is 16.5. The molecule has 1 aliphatic rings. The molecule has 0 aliphatic heterocycles. The second-order valence-electron chi connectivity index (χ2n) is 7.01. The third-order valence-corrected chi connectivity index (χ3v) is 3.61. The van der Waals surface area contributed by atoms with Crippen LogP contribution in [0, 0.1) is 0 Å². The number of nitrogens with zero attached hydrogens (tertiary/aromatic N) is 3. The van der Waals surface area contributed by atoms with Gasteiger partial charge in [-0.25, -0.2) is 0 Å². The van der Waals surface area contributed by atoms with Crippen molar-refractivity contribution in [2.24, 2.45) is 10.2 Å². The number of hydrogen-bond acceptors (Lipinski definition) is 3. The summed E-state index contributed by atoms with van der Waals surface area (Å²) in [5, 5.41) is 9.18. The normalized spacial score (nSPS) is 16.6. The van der Waals surface area contributed by atoms with Crippen molar-refractivity contribution >= 4 is 0 Å². The number of hydrogen-bond donors (Lipinski definition) is 0. The van der Waals surface area contributed by atoms with E-state index >= 15 is 0 Å². The topological polar surface area (TPSA) is 28.0 Å². The second-order valence-corrected chi connectivity index (χ2v) is 7.01. The largest absolute Gasteiger partial charge is 0.378 e. The molecule has 2 rings (SSSR count). The molecule has 0 saturated carbocycles. The molecule has 0 N–H and O–H groups in total. The maximum atomic E-state index is 4.67. The summed E-state index contributed by atoms with van der Waals surface area (Å²) in [5.41, 5.74) is 3.84. The van der Waals surface area contributed by atoms with Crippen LogP contribution in [-0.2, 0) is 0 Å². The molecule has 1 aliphatic carbocycles. The monoisotopic (exact) mass is 297 g/mol. The summed E-state index contributed by atoms with van der Waals surface area (Å²) in [6, 6.07) is 10.6. The minimum Gasteiger partial charge on any atom is -0.378 e. The van der Waals surface area contributed by atoms with Gasteiger partial charge in [0, 0.05) is 19.8 Å². The number of allylic oxidation sites excluding steroid dienone is 2. The van der Waals surface area contributed by atoms with E-state index in [2.05, 4.69) is 86.4 Å². The molecule has 1 aromatic rings. The van der Waals surface area contributed by atoms with E-state index in [9.17, 15) is 0 Å². The summed E-state index contributed by atoms with van der Waals surface area (Å²) >= 11 is 0. The van der Waals surface area contributed by atoms with E-state index in [1.807, 2.05) is 6.07 Å². The zero-order chi connectivity index (χ0) is 16.2.